The Balaban J connectivity index is 2.83. The largest absolute Gasteiger partial charge is 0.493 e. The fourth-order valence-electron chi connectivity index (χ4n) is 1.41. The number of nitro benzene ring substituents is 1. The summed E-state index contributed by atoms with van der Waals surface area (Å²) in [6.07, 6.45) is 3.45. The summed E-state index contributed by atoms with van der Waals surface area (Å²) < 4.78 is 5.43. The maximum Gasteiger partial charge on any atom is 0.275 e. The number of hydrogen-bond acceptors (Lipinski definition) is 4. The van der Waals surface area contributed by atoms with Gasteiger partial charge < -0.3 is 10.1 Å². The fourth-order valence-corrected chi connectivity index (χ4v) is 1.41. The smallest absolute Gasteiger partial charge is 0.275 e. The van der Waals surface area contributed by atoms with Crippen LogP contribution in [-0.4, -0.2) is 18.1 Å². The van der Waals surface area contributed by atoms with Crippen LogP contribution in [0.1, 0.15) is 19.8 Å². The zero-order valence-electron chi connectivity index (χ0n) is 10.5. The molecule has 0 saturated carbocycles. The van der Waals surface area contributed by atoms with Crippen molar-refractivity contribution in [1.82, 2.24) is 0 Å². The van der Waals surface area contributed by atoms with E-state index in [1.807, 2.05) is 6.92 Å². The summed E-state index contributed by atoms with van der Waals surface area (Å²) >= 11 is 0. The van der Waals surface area contributed by atoms with Crippen molar-refractivity contribution in [2.45, 2.75) is 19.8 Å². The number of rotatable bonds is 8. The highest BCUT2D eigenvalue weighted by Gasteiger charge is 2.10. The molecule has 0 bridgehead atoms. The molecule has 0 atom stereocenters. The molecule has 1 rings (SSSR count). The molecule has 0 aliphatic rings. The van der Waals surface area contributed by atoms with Crippen molar-refractivity contribution in [1.29, 1.82) is 0 Å². The number of nitrogens with zero attached hydrogens (tertiary/aromatic N) is 1. The van der Waals surface area contributed by atoms with Gasteiger partial charge in [-0.3, -0.25) is 10.1 Å². The van der Waals surface area contributed by atoms with E-state index in [0.29, 0.717) is 24.6 Å². The normalized spacial score (nSPS) is 9.83. The molecule has 0 amide bonds. The van der Waals surface area contributed by atoms with Crippen molar-refractivity contribution >= 4 is 11.4 Å². The number of ether oxygens (including phenoxy) is 1. The van der Waals surface area contributed by atoms with Crippen LogP contribution in [0.15, 0.2) is 30.9 Å². The van der Waals surface area contributed by atoms with Crippen molar-refractivity contribution in [3.8, 4) is 5.75 Å². The third-order valence-corrected chi connectivity index (χ3v) is 2.25. The van der Waals surface area contributed by atoms with Crippen molar-refractivity contribution in [3.63, 3.8) is 0 Å². The minimum absolute atomic E-state index is 0.0321. The van der Waals surface area contributed by atoms with Gasteiger partial charge >= 0.3 is 0 Å². The second-order valence-electron chi connectivity index (χ2n) is 3.83. The highest BCUT2D eigenvalue weighted by Crippen LogP contribution is 2.26. The standard InChI is InChI=1S/C13H18N2O3/c1-3-5-6-14-11-8-12(15(16)17)10-13(9-11)18-7-4-2/h3,8-10,14H,1,4-7H2,2H3. The topological polar surface area (TPSA) is 64.4 Å². The first-order chi connectivity index (χ1) is 8.67. The second-order valence-corrected chi connectivity index (χ2v) is 3.83. The minimum atomic E-state index is -0.419. The average molecular weight is 250 g/mol. The first-order valence-corrected chi connectivity index (χ1v) is 5.94. The number of benzene rings is 1. The summed E-state index contributed by atoms with van der Waals surface area (Å²) in [5, 5.41) is 13.9. The second kappa shape index (κ2) is 7.32. The van der Waals surface area contributed by atoms with Crippen LogP contribution in [0.3, 0.4) is 0 Å². The van der Waals surface area contributed by atoms with E-state index in [1.165, 1.54) is 12.1 Å². The molecule has 0 spiro atoms. The van der Waals surface area contributed by atoms with E-state index in [9.17, 15) is 10.1 Å². The van der Waals surface area contributed by atoms with E-state index >= 15 is 0 Å². The number of non-ortho nitro benzene ring substituents is 1. The molecule has 0 aliphatic heterocycles. The van der Waals surface area contributed by atoms with Crippen molar-refractivity contribution in [2.24, 2.45) is 0 Å². The van der Waals surface area contributed by atoms with Crippen LogP contribution >= 0.6 is 0 Å². The van der Waals surface area contributed by atoms with Gasteiger partial charge in [0.25, 0.3) is 5.69 Å². The third kappa shape index (κ3) is 4.45. The summed E-state index contributed by atoms with van der Waals surface area (Å²) in [5.41, 5.74) is 0.724. The van der Waals surface area contributed by atoms with Crippen molar-refractivity contribution in [2.75, 3.05) is 18.5 Å². The summed E-state index contributed by atoms with van der Waals surface area (Å²) in [7, 11) is 0. The number of anilines is 1. The maximum absolute atomic E-state index is 10.8. The van der Waals surface area contributed by atoms with Gasteiger partial charge in [0.15, 0.2) is 0 Å². The van der Waals surface area contributed by atoms with Crippen LogP contribution in [0.2, 0.25) is 0 Å². The Morgan fingerprint density at radius 1 is 1.50 bits per heavy atom. The third-order valence-electron chi connectivity index (χ3n) is 2.25. The Morgan fingerprint density at radius 2 is 2.28 bits per heavy atom. The van der Waals surface area contributed by atoms with Crippen LogP contribution in [0.4, 0.5) is 11.4 Å². The Kier molecular flexibility index (Phi) is 5.70. The lowest BCUT2D eigenvalue weighted by Crippen LogP contribution is -2.02. The van der Waals surface area contributed by atoms with Gasteiger partial charge in [-0.25, -0.2) is 0 Å². The summed E-state index contributed by atoms with van der Waals surface area (Å²) in [5.74, 6) is 0.521. The molecule has 0 aromatic heterocycles. The van der Waals surface area contributed by atoms with Crippen LogP contribution in [-0.2, 0) is 0 Å². The van der Waals surface area contributed by atoms with Crippen LogP contribution < -0.4 is 10.1 Å². The lowest BCUT2D eigenvalue weighted by Gasteiger charge is -2.09. The van der Waals surface area contributed by atoms with Crippen LogP contribution in [0.25, 0.3) is 0 Å². The molecule has 0 radical (unpaired) electrons. The van der Waals surface area contributed by atoms with Crippen molar-refractivity contribution < 1.29 is 9.66 Å². The van der Waals surface area contributed by atoms with Crippen LogP contribution in [0, 0.1) is 10.1 Å². The van der Waals surface area contributed by atoms with Gasteiger partial charge in [-0.15, -0.1) is 6.58 Å². The summed E-state index contributed by atoms with van der Waals surface area (Å²) in [4.78, 5) is 10.4. The molecule has 1 N–H and O–H groups in total. The summed E-state index contributed by atoms with van der Waals surface area (Å²) in [6, 6.07) is 4.71. The molecule has 0 aliphatic carbocycles. The van der Waals surface area contributed by atoms with Gasteiger partial charge in [-0.1, -0.05) is 13.0 Å². The Morgan fingerprint density at radius 3 is 2.89 bits per heavy atom. The highest BCUT2D eigenvalue weighted by molar-refractivity contribution is 5.56. The molecule has 0 fully saturated rings. The Labute approximate surface area is 107 Å². The zero-order valence-corrected chi connectivity index (χ0v) is 10.5. The van der Waals surface area contributed by atoms with Crippen LogP contribution in [0.5, 0.6) is 5.75 Å². The SMILES string of the molecule is C=CCCNc1cc(OCCC)cc([N+](=O)[O-])c1. The monoisotopic (exact) mass is 250 g/mol. The van der Waals surface area contributed by atoms with Gasteiger partial charge in [0, 0.05) is 24.4 Å². The van der Waals surface area contributed by atoms with Gasteiger partial charge in [-0.05, 0) is 12.8 Å². The predicted molar refractivity (Wildman–Crippen MR) is 72.2 cm³/mol. The minimum Gasteiger partial charge on any atom is -0.493 e. The average Bonchev–Trinajstić information content (AvgIpc) is 2.36. The first kappa shape index (κ1) is 14.0. The van der Waals surface area contributed by atoms with E-state index in [2.05, 4.69) is 11.9 Å². The van der Waals surface area contributed by atoms with Gasteiger partial charge in [0.2, 0.25) is 0 Å². The van der Waals surface area contributed by atoms with E-state index in [0.717, 1.165) is 12.8 Å². The molecule has 1 aromatic rings. The van der Waals surface area contributed by atoms with E-state index < -0.39 is 4.92 Å². The zero-order chi connectivity index (χ0) is 13.4. The molecule has 0 saturated heterocycles. The maximum atomic E-state index is 10.8. The molecule has 0 unspecified atom stereocenters. The quantitative estimate of drug-likeness (QED) is 0.332. The Hall–Kier alpha value is -2.04. The summed E-state index contributed by atoms with van der Waals surface area (Å²) in [6.45, 7) is 6.85. The fraction of sp³-hybridized carbons (Fsp3) is 0.385. The molecule has 5 nitrogen and oxygen atoms in total. The van der Waals surface area contributed by atoms with E-state index in [4.69, 9.17) is 4.74 Å². The molecule has 5 heteroatoms. The van der Waals surface area contributed by atoms with Crippen molar-refractivity contribution in [3.05, 3.63) is 41.0 Å². The first-order valence-electron chi connectivity index (χ1n) is 5.94. The number of nitro groups is 1. The molecule has 0 heterocycles. The lowest BCUT2D eigenvalue weighted by atomic mass is 10.2. The predicted octanol–water partition coefficient (Wildman–Crippen LogP) is 3.37. The lowest BCUT2D eigenvalue weighted by molar-refractivity contribution is -0.384. The van der Waals surface area contributed by atoms with Gasteiger partial charge in [0.05, 0.1) is 17.6 Å². The molecule has 18 heavy (non-hydrogen) atoms. The molecular weight excluding hydrogens is 232 g/mol. The molecule has 1 aromatic carbocycles. The van der Waals surface area contributed by atoms with Gasteiger partial charge in [0.1, 0.15) is 5.75 Å². The number of hydrogen-bond donors (Lipinski definition) is 1. The Bertz CT molecular complexity index is 419. The van der Waals surface area contributed by atoms with Gasteiger partial charge in [-0.2, -0.15) is 0 Å². The van der Waals surface area contributed by atoms with E-state index in [-0.39, 0.29) is 5.69 Å². The number of nitrogens with one attached hydrogen (secondary N) is 1. The van der Waals surface area contributed by atoms with E-state index in [1.54, 1.807) is 12.1 Å². The molecule has 98 valence electrons. The highest BCUT2D eigenvalue weighted by atomic mass is 16.6. The molecular formula is C13H18N2O3.